The first-order chi connectivity index (χ1) is 8.95. The molecule has 0 aromatic heterocycles. The first kappa shape index (κ1) is 14.4. The predicted octanol–water partition coefficient (Wildman–Crippen LogP) is 2.25. The maximum atomic E-state index is 10.7. The Bertz CT molecular complexity index is 528. The van der Waals surface area contributed by atoms with Crippen molar-refractivity contribution in [3.63, 3.8) is 0 Å². The van der Waals surface area contributed by atoms with E-state index < -0.39 is 21.2 Å². The molecule has 0 fully saturated rings. The summed E-state index contributed by atoms with van der Waals surface area (Å²) < 4.78 is 4.99. The van der Waals surface area contributed by atoms with E-state index in [1.807, 2.05) is 0 Å². The van der Waals surface area contributed by atoms with E-state index >= 15 is 0 Å². The Hall–Kier alpha value is -2.71. The van der Waals surface area contributed by atoms with Crippen LogP contribution < -0.4 is 4.84 Å². The molecule has 0 heterocycles. The molecular weight excluding hydrogens is 258 g/mol. The summed E-state index contributed by atoms with van der Waals surface area (Å²) in [6, 6.07) is 3.13. The van der Waals surface area contributed by atoms with Gasteiger partial charge in [-0.1, -0.05) is 0 Å². The van der Waals surface area contributed by atoms with Gasteiger partial charge in [0, 0.05) is 13.0 Å². The Labute approximate surface area is 107 Å². The quantitative estimate of drug-likeness (QED) is 0.350. The molecule has 0 saturated carbocycles. The first-order valence-electron chi connectivity index (χ1n) is 5.23. The number of hydrogen-bond donors (Lipinski definition) is 0. The third-order valence-corrected chi connectivity index (χ3v) is 1.97. The normalized spacial score (nSPS) is 10.9. The number of nitro groups is 2. The lowest BCUT2D eigenvalue weighted by molar-refractivity contribution is -0.422. The fourth-order valence-corrected chi connectivity index (χ4v) is 1.21. The van der Waals surface area contributed by atoms with Gasteiger partial charge in [-0.25, -0.2) is 0 Å². The third kappa shape index (κ3) is 3.91. The topological polar surface area (TPSA) is 117 Å². The van der Waals surface area contributed by atoms with Crippen molar-refractivity contribution in [2.75, 3.05) is 6.61 Å². The van der Waals surface area contributed by atoms with Gasteiger partial charge >= 0.3 is 11.4 Å². The number of rotatable bonds is 5. The molecule has 102 valence electrons. The second kappa shape index (κ2) is 6.28. The second-order valence-electron chi connectivity index (χ2n) is 3.30. The van der Waals surface area contributed by atoms with Gasteiger partial charge in [0.05, 0.1) is 22.5 Å². The van der Waals surface area contributed by atoms with Crippen molar-refractivity contribution in [1.82, 2.24) is 0 Å². The van der Waals surface area contributed by atoms with Crippen LogP contribution >= 0.6 is 0 Å². The molecule has 9 nitrogen and oxygen atoms in total. The van der Waals surface area contributed by atoms with E-state index in [1.54, 1.807) is 13.8 Å². The van der Waals surface area contributed by atoms with Gasteiger partial charge in [0.2, 0.25) is 5.90 Å². The van der Waals surface area contributed by atoms with Crippen molar-refractivity contribution >= 4 is 17.3 Å². The highest BCUT2D eigenvalue weighted by Crippen LogP contribution is 2.30. The van der Waals surface area contributed by atoms with Crippen LogP contribution in [0.2, 0.25) is 0 Å². The lowest BCUT2D eigenvalue weighted by Gasteiger charge is -2.02. The lowest BCUT2D eigenvalue weighted by Crippen LogP contribution is -2.01. The summed E-state index contributed by atoms with van der Waals surface area (Å²) >= 11 is 0. The monoisotopic (exact) mass is 269 g/mol. The maximum absolute atomic E-state index is 10.7. The largest absolute Gasteiger partial charge is 0.479 e. The minimum Gasteiger partial charge on any atom is -0.479 e. The third-order valence-electron chi connectivity index (χ3n) is 1.97. The molecule has 0 amide bonds. The van der Waals surface area contributed by atoms with Crippen LogP contribution in [0.25, 0.3) is 0 Å². The van der Waals surface area contributed by atoms with Gasteiger partial charge < -0.3 is 9.57 Å². The number of nitrogens with zero attached hydrogens (tertiary/aromatic N) is 3. The maximum Gasteiger partial charge on any atom is 0.349 e. The van der Waals surface area contributed by atoms with Crippen LogP contribution in [0, 0.1) is 20.2 Å². The van der Waals surface area contributed by atoms with Gasteiger partial charge in [-0.3, -0.25) is 20.2 Å². The van der Waals surface area contributed by atoms with E-state index in [2.05, 4.69) is 5.16 Å². The van der Waals surface area contributed by atoms with Crippen molar-refractivity contribution in [3.05, 3.63) is 38.4 Å². The van der Waals surface area contributed by atoms with Crippen LogP contribution in [0.4, 0.5) is 11.4 Å². The molecule has 0 atom stereocenters. The Kier molecular flexibility index (Phi) is 4.75. The summed E-state index contributed by atoms with van der Waals surface area (Å²) in [5.41, 5.74) is -1.27. The fourth-order valence-electron chi connectivity index (χ4n) is 1.21. The van der Waals surface area contributed by atoms with Crippen molar-refractivity contribution < 1.29 is 19.4 Å². The van der Waals surface area contributed by atoms with Gasteiger partial charge in [0.15, 0.2) is 5.75 Å². The summed E-state index contributed by atoms with van der Waals surface area (Å²) in [6.07, 6.45) is 0. The van der Waals surface area contributed by atoms with Crippen LogP contribution in [0.15, 0.2) is 23.4 Å². The summed E-state index contributed by atoms with van der Waals surface area (Å²) in [7, 11) is 0. The van der Waals surface area contributed by atoms with Crippen LogP contribution in [0.5, 0.6) is 5.75 Å². The number of benzene rings is 1. The Morgan fingerprint density at radius 3 is 2.42 bits per heavy atom. The van der Waals surface area contributed by atoms with E-state index in [1.165, 1.54) is 6.07 Å². The molecule has 1 rings (SSSR count). The average molecular weight is 269 g/mol. The zero-order chi connectivity index (χ0) is 14.4. The van der Waals surface area contributed by atoms with Gasteiger partial charge in [-0.2, -0.15) is 0 Å². The minimum atomic E-state index is -0.857. The van der Waals surface area contributed by atoms with Gasteiger partial charge in [0.25, 0.3) is 0 Å². The molecule has 1 aromatic carbocycles. The zero-order valence-corrected chi connectivity index (χ0v) is 10.2. The standard InChI is InChI=1S/C10H11N3O6/c1-3-18-7(2)11-19-8-4-5-9(12(14)15)10(6-8)13(16)17/h4-6H,3H2,1-2H3. The average Bonchev–Trinajstić information content (AvgIpc) is 2.36. The van der Waals surface area contributed by atoms with Crippen LogP contribution in [-0.2, 0) is 4.74 Å². The molecule has 19 heavy (non-hydrogen) atoms. The summed E-state index contributed by atoms with van der Waals surface area (Å²) in [5, 5.41) is 24.9. The van der Waals surface area contributed by atoms with E-state index in [9.17, 15) is 20.2 Å². The van der Waals surface area contributed by atoms with Gasteiger partial charge in [0.1, 0.15) is 0 Å². The molecule has 0 aliphatic carbocycles. The minimum absolute atomic E-state index is 0.0105. The molecule has 0 aliphatic rings. The number of nitro benzene ring substituents is 2. The highest BCUT2D eigenvalue weighted by Gasteiger charge is 2.24. The molecular formula is C10H11N3O6. The van der Waals surface area contributed by atoms with Crippen molar-refractivity contribution in [3.8, 4) is 5.75 Å². The molecule has 0 unspecified atom stereocenters. The SMILES string of the molecule is CCOC(C)=NOc1ccc([N+](=O)[O-])c([N+](=O)[O-])c1. The van der Waals surface area contributed by atoms with E-state index in [0.717, 1.165) is 12.1 Å². The predicted molar refractivity (Wildman–Crippen MR) is 65.1 cm³/mol. The summed E-state index contributed by atoms with van der Waals surface area (Å²) in [6.45, 7) is 3.71. The highest BCUT2D eigenvalue weighted by atomic mass is 16.7. The molecule has 0 radical (unpaired) electrons. The molecule has 9 heteroatoms. The molecule has 1 aromatic rings. The molecule has 0 saturated heterocycles. The van der Waals surface area contributed by atoms with Gasteiger partial charge in [-0.05, 0) is 18.1 Å². The fraction of sp³-hybridized carbons (Fsp3) is 0.300. The van der Waals surface area contributed by atoms with Crippen LogP contribution in [-0.4, -0.2) is 22.4 Å². The van der Waals surface area contributed by atoms with Crippen molar-refractivity contribution in [2.45, 2.75) is 13.8 Å². The Balaban J connectivity index is 2.99. The van der Waals surface area contributed by atoms with Crippen molar-refractivity contribution in [2.24, 2.45) is 5.16 Å². The molecule has 0 N–H and O–H groups in total. The van der Waals surface area contributed by atoms with Crippen LogP contribution in [0.1, 0.15) is 13.8 Å². The van der Waals surface area contributed by atoms with Crippen LogP contribution in [0.3, 0.4) is 0 Å². The Morgan fingerprint density at radius 2 is 1.89 bits per heavy atom. The smallest absolute Gasteiger partial charge is 0.349 e. The molecule has 0 bridgehead atoms. The number of ether oxygens (including phenoxy) is 1. The van der Waals surface area contributed by atoms with E-state index in [0.29, 0.717) is 6.61 Å². The van der Waals surface area contributed by atoms with Crippen molar-refractivity contribution in [1.29, 1.82) is 0 Å². The zero-order valence-electron chi connectivity index (χ0n) is 10.2. The van der Waals surface area contributed by atoms with E-state index in [4.69, 9.17) is 9.57 Å². The van der Waals surface area contributed by atoms with Gasteiger partial charge in [-0.15, -0.1) is 0 Å². The molecule has 0 spiro atoms. The molecule has 0 aliphatic heterocycles. The summed E-state index contributed by atoms with van der Waals surface area (Å²) in [5.74, 6) is 0.250. The lowest BCUT2D eigenvalue weighted by atomic mass is 10.2. The number of oxime groups is 1. The van der Waals surface area contributed by atoms with E-state index in [-0.39, 0.29) is 11.6 Å². The number of hydrogen-bond acceptors (Lipinski definition) is 7. The highest BCUT2D eigenvalue weighted by molar-refractivity contribution is 5.72. The second-order valence-corrected chi connectivity index (χ2v) is 3.30. The summed E-state index contributed by atoms with van der Waals surface area (Å²) in [4.78, 5) is 24.5. The Morgan fingerprint density at radius 1 is 1.26 bits per heavy atom. The first-order valence-corrected chi connectivity index (χ1v) is 5.23.